The Labute approximate surface area is 167 Å². The zero-order chi connectivity index (χ0) is 19.6. The summed E-state index contributed by atoms with van der Waals surface area (Å²) in [6.07, 6.45) is 0.969. The maximum absolute atomic E-state index is 6.14. The van der Waals surface area contributed by atoms with Crippen LogP contribution in [0, 0.1) is 6.92 Å². The van der Waals surface area contributed by atoms with E-state index in [1.54, 1.807) is 0 Å². The van der Waals surface area contributed by atoms with E-state index in [9.17, 15) is 0 Å². The van der Waals surface area contributed by atoms with Crippen molar-refractivity contribution in [3.8, 4) is 11.5 Å². The summed E-state index contributed by atoms with van der Waals surface area (Å²) in [6, 6.07) is 14.2. The Morgan fingerprint density at radius 3 is 2.74 bits per heavy atom. The summed E-state index contributed by atoms with van der Waals surface area (Å²) >= 11 is 5.58. The topological polar surface area (TPSA) is 42.5 Å². The molecular weight excluding hydrogens is 356 g/mol. The molecule has 1 aliphatic heterocycles. The predicted molar refractivity (Wildman–Crippen MR) is 115 cm³/mol. The molecule has 1 atom stereocenters. The Hall–Kier alpha value is -2.27. The SMILES string of the molecule is Cc1ccc2c(c1)[C@H](NC(=S)Nc1cccc(OC(C)C)c1)CC(C)(C)O2. The van der Waals surface area contributed by atoms with Gasteiger partial charge in [0.1, 0.15) is 17.1 Å². The molecule has 0 amide bonds. The highest BCUT2D eigenvalue weighted by Gasteiger charge is 2.34. The van der Waals surface area contributed by atoms with Gasteiger partial charge in [-0.1, -0.05) is 23.8 Å². The van der Waals surface area contributed by atoms with Crippen molar-refractivity contribution in [3.63, 3.8) is 0 Å². The van der Waals surface area contributed by atoms with E-state index in [4.69, 9.17) is 21.7 Å². The number of benzene rings is 2. The van der Waals surface area contributed by atoms with Crippen molar-refractivity contribution < 1.29 is 9.47 Å². The zero-order valence-electron chi connectivity index (χ0n) is 16.6. The molecule has 2 aromatic carbocycles. The molecule has 5 heteroatoms. The van der Waals surface area contributed by atoms with Crippen LogP contribution in [0.2, 0.25) is 0 Å². The quantitative estimate of drug-likeness (QED) is 0.694. The van der Waals surface area contributed by atoms with Crippen LogP contribution in [0.25, 0.3) is 0 Å². The lowest BCUT2D eigenvalue weighted by Crippen LogP contribution is -2.42. The van der Waals surface area contributed by atoms with Crippen molar-refractivity contribution in [3.05, 3.63) is 53.6 Å². The fourth-order valence-electron chi connectivity index (χ4n) is 3.35. The molecule has 0 aliphatic carbocycles. The first-order chi connectivity index (χ1) is 12.7. The number of anilines is 1. The normalized spacial score (nSPS) is 17.6. The lowest BCUT2D eigenvalue weighted by molar-refractivity contribution is 0.0696. The van der Waals surface area contributed by atoms with Crippen LogP contribution >= 0.6 is 12.2 Å². The Kier molecular flexibility index (Phi) is 5.61. The van der Waals surface area contributed by atoms with Gasteiger partial charge in [0.25, 0.3) is 0 Å². The molecule has 2 aromatic rings. The monoisotopic (exact) mass is 384 g/mol. The molecule has 0 saturated carbocycles. The molecule has 3 rings (SSSR count). The van der Waals surface area contributed by atoms with E-state index in [1.165, 1.54) is 5.56 Å². The van der Waals surface area contributed by atoms with Gasteiger partial charge < -0.3 is 20.1 Å². The first kappa shape index (κ1) is 19.5. The van der Waals surface area contributed by atoms with Gasteiger partial charge in [-0.05, 0) is 65.0 Å². The van der Waals surface area contributed by atoms with Crippen molar-refractivity contribution in [2.45, 2.75) is 58.8 Å². The number of rotatable bonds is 4. The van der Waals surface area contributed by atoms with E-state index in [-0.39, 0.29) is 17.7 Å². The van der Waals surface area contributed by atoms with Gasteiger partial charge in [-0.15, -0.1) is 0 Å². The van der Waals surface area contributed by atoms with Crippen molar-refractivity contribution >= 4 is 23.0 Å². The second-order valence-electron chi connectivity index (χ2n) is 7.95. The molecule has 0 bridgehead atoms. The first-order valence-corrected chi connectivity index (χ1v) is 9.76. The van der Waals surface area contributed by atoms with Crippen LogP contribution < -0.4 is 20.1 Å². The molecule has 27 heavy (non-hydrogen) atoms. The summed E-state index contributed by atoms with van der Waals surface area (Å²) < 4.78 is 11.9. The van der Waals surface area contributed by atoms with Crippen molar-refractivity contribution in [2.24, 2.45) is 0 Å². The molecule has 0 unspecified atom stereocenters. The predicted octanol–water partition coefficient (Wildman–Crippen LogP) is 5.37. The van der Waals surface area contributed by atoms with Crippen LogP contribution in [0.1, 0.15) is 51.3 Å². The number of ether oxygens (including phenoxy) is 2. The Morgan fingerprint density at radius 1 is 1.22 bits per heavy atom. The zero-order valence-corrected chi connectivity index (χ0v) is 17.4. The molecule has 1 aliphatic rings. The largest absolute Gasteiger partial charge is 0.491 e. The van der Waals surface area contributed by atoms with Crippen molar-refractivity contribution in [1.82, 2.24) is 5.32 Å². The minimum absolute atomic E-state index is 0.0961. The van der Waals surface area contributed by atoms with E-state index in [1.807, 2.05) is 44.2 Å². The number of hydrogen-bond acceptors (Lipinski definition) is 3. The minimum Gasteiger partial charge on any atom is -0.491 e. The van der Waals surface area contributed by atoms with Gasteiger partial charge in [0.05, 0.1) is 12.1 Å². The fraction of sp³-hybridized carbons (Fsp3) is 0.409. The molecule has 0 aromatic heterocycles. The second-order valence-corrected chi connectivity index (χ2v) is 8.36. The van der Waals surface area contributed by atoms with Crippen LogP contribution in [-0.4, -0.2) is 16.8 Å². The summed E-state index contributed by atoms with van der Waals surface area (Å²) in [6.45, 7) is 10.3. The fourth-order valence-corrected chi connectivity index (χ4v) is 3.61. The molecule has 144 valence electrons. The van der Waals surface area contributed by atoms with E-state index in [2.05, 4.69) is 43.5 Å². The molecule has 0 fully saturated rings. The second kappa shape index (κ2) is 7.77. The number of fused-ring (bicyclic) bond motifs is 1. The van der Waals surface area contributed by atoms with E-state index in [0.717, 1.165) is 29.2 Å². The highest BCUT2D eigenvalue weighted by molar-refractivity contribution is 7.80. The maximum Gasteiger partial charge on any atom is 0.171 e. The number of nitrogens with one attached hydrogen (secondary N) is 2. The van der Waals surface area contributed by atoms with Gasteiger partial charge in [0.15, 0.2) is 5.11 Å². The van der Waals surface area contributed by atoms with Crippen molar-refractivity contribution in [2.75, 3.05) is 5.32 Å². The van der Waals surface area contributed by atoms with E-state index in [0.29, 0.717) is 5.11 Å². The van der Waals surface area contributed by atoms with Crippen LogP contribution in [0.15, 0.2) is 42.5 Å². The maximum atomic E-state index is 6.14. The van der Waals surface area contributed by atoms with Gasteiger partial charge in [-0.3, -0.25) is 0 Å². The average Bonchev–Trinajstić information content (AvgIpc) is 2.54. The lowest BCUT2D eigenvalue weighted by Gasteiger charge is -2.38. The third-order valence-corrected chi connectivity index (χ3v) is 4.61. The van der Waals surface area contributed by atoms with Gasteiger partial charge in [-0.2, -0.15) is 0 Å². The summed E-state index contributed by atoms with van der Waals surface area (Å²) in [5, 5.41) is 7.33. The summed E-state index contributed by atoms with van der Waals surface area (Å²) in [5.74, 6) is 1.75. The Bertz CT molecular complexity index is 833. The third kappa shape index (κ3) is 5.13. The van der Waals surface area contributed by atoms with Crippen LogP contribution in [0.5, 0.6) is 11.5 Å². The molecule has 0 radical (unpaired) electrons. The van der Waals surface area contributed by atoms with Gasteiger partial charge in [0.2, 0.25) is 0 Å². The minimum atomic E-state index is -0.249. The summed E-state index contributed by atoms with van der Waals surface area (Å²) in [7, 11) is 0. The summed E-state index contributed by atoms with van der Waals surface area (Å²) in [5.41, 5.74) is 3.01. The molecule has 4 nitrogen and oxygen atoms in total. The number of aryl methyl sites for hydroxylation is 1. The van der Waals surface area contributed by atoms with E-state index < -0.39 is 0 Å². The van der Waals surface area contributed by atoms with Gasteiger partial charge in [0, 0.05) is 23.7 Å². The van der Waals surface area contributed by atoms with Crippen LogP contribution in [0.3, 0.4) is 0 Å². The molecule has 0 saturated heterocycles. The van der Waals surface area contributed by atoms with Crippen LogP contribution in [-0.2, 0) is 0 Å². The highest BCUT2D eigenvalue weighted by Crippen LogP contribution is 2.39. The Morgan fingerprint density at radius 2 is 2.00 bits per heavy atom. The third-order valence-electron chi connectivity index (χ3n) is 4.39. The highest BCUT2D eigenvalue weighted by atomic mass is 32.1. The number of thiocarbonyl (C=S) groups is 1. The average molecular weight is 385 g/mol. The van der Waals surface area contributed by atoms with Gasteiger partial charge >= 0.3 is 0 Å². The van der Waals surface area contributed by atoms with E-state index >= 15 is 0 Å². The molecule has 2 N–H and O–H groups in total. The first-order valence-electron chi connectivity index (χ1n) is 9.36. The van der Waals surface area contributed by atoms with Crippen molar-refractivity contribution in [1.29, 1.82) is 0 Å². The summed E-state index contributed by atoms with van der Waals surface area (Å²) in [4.78, 5) is 0. The standard InChI is InChI=1S/C22H28N2O2S/c1-14(2)25-17-8-6-7-16(12-17)23-21(27)24-19-13-22(4,5)26-20-10-9-15(3)11-18(19)20/h6-12,14,19H,13H2,1-5H3,(H2,23,24,27)/t19-/m1/s1. The molecule has 1 heterocycles. The molecule has 0 spiro atoms. The Balaban J connectivity index is 1.73. The number of hydrogen-bond donors (Lipinski definition) is 2. The van der Waals surface area contributed by atoms with Gasteiger partial charge in [-0.25, -0.2) is 0 Å². The smallest absolute Gasteiger partial charge is 0.171 e. The van der Waals surface area contributed by atoms with Crippen LogP contribution in [0.4, 0.5) is 5.69 Å². The molecular formula is C22H28N2O2S. The lowest BCUT2D eigenvalue weighted by atomic mass is 9.89.